The summed E-state index contributed by atoms with van der Waals surface area (Å²) in [6, 6.07) is 1.92. The lowest BCUT2D eigenvalue weighted by Gasteiger charge is -2.00. The summed E-state index contributed by atoms with van der Waals surface area (Å²) in [5, 5.41) is 5.48. The Morgan fingerprint density at radius 2 is 1.89 bits per heavy atom. The van der Waals surface area contributed by atoms with Crippen LogP contribution in [0.15, 0.2) is 17.5 Å². The third-order valence-electron chi connectivity index (χ3n) is 2.52. The predicted octanol–water partition coefficient (Wildman–Crippen LogP) is 3.73. The standard InChI is InChI=1S/C13H13F3N2S/c1-2-3-17-6-9-7-19-13(18-9)8-4-10(14)12(16)11(15)5-8/h4-5,7,17H,2-3,6H2,1H3. The molecule has 0 aliphatic heterocycles. The minimum Gasteiger partial charge on any atom is -0.311 e. The minimum absolute atomic E-state index is 0.253. The lowest BCUT2D eigenvalue weighted by atomic mass is 10.2. The molecule has 2 nitrogen and oxygen atoms in total. The number of nitrogens with zero attached hydrogens (tertiary/aromatic N) is 1. The number of hydrogen-bond acceptors (Lipinski definition) is 3. The molecule has 1 aromatic carbocycles. The Labute approximate surface area is 113 Å². The average molecular weight is 286 g/mol. The van der Waals surface area contributed by atoms with E-state index in [0.717, 1.165) is 30.8 Å². The summed E-state index contributed by atoms with van der Waals surface area (Å²) in [6.07, 6.45) is 1.02. The van der Waals surface area contributed by atoms with E-state index in [9.17, 15) is 13.2 Å². The Balaban J connectivity index is 2.18. The molecule has 0 aliphatic rings. The normalized spacial score (nSPS) is 10.9. The number of hydrogen-bond donors (Lipinski definition) is 1. The van der Waals surface area contributed by atoms with E-state index in [1.165, 1.54) is 11.3 Å². The van der Waals surface area contributed by atoms with E-state index >= 15 is 0 Å². The molecule has 0 atom stereocenters. The maximum atomic E-state index is 13.1. The molecule has 0 saturated heterocycles. The highest BCUT2D eigenvalue weighted by Crippen LogP contribution is 2.26. The van der Waals surface area contributed by atoms with Crippen molar-refractivity contribution in [3.8, 4) is 10.6 Å². The van der Waals surface area contributed by atoms with Crippen molar-refractivity contribution in [3.63, 3.8) is 0 Å². The molecule has 2 aromatic rings. The van der Waals surface area contributed by atoms with Crippen LogP contribution in [0.5, 0.6) is 0 Å². The second-order valence-corrected chi connectivity index (χ2v) is 4.93. The Kier molecular flexibility index (Phi) is 4.55. The zero-order valence-electron chi connectivity index (χ0n) is 10.3. The van der Waals surface area contributed by atoms with E-state index in [1.807, 2.05) is 5.38 Å². The molecular formula is C13H13F3N2S. The Hall–Kier alpha value is -1.40. The zero-order chi connectivity index (χ0) is 13.8. The quantitative estimate of drug-likeness (QED) is 0.669. The smallest absolute Gasteiger partial charge is 0.194 e. The Morgan fingerprint density at radius 1 is 1.21 bits per heavy atom. The molecule has 1 heterocycles. The third kappa shape index (κ3) is 3.33. The maximum Gasteiger partial charge on any atom is 0.194 e. The van der Waals surface area contributed by atoms with E-state index in [-0.39, 0.29) is 5.56 Å². The van der Waals surface area contributed by atoms with Gasteiger partial charge in [0.2, 0.25) is 0 Å². The molecule has 19 heavy (non-hydrogen) atoms. The van der Waals surface area contributed by atoms with Crippen LogP contribution in [0.4, 0.5) is 13.2 Å². The molecule has 1 aromatic heterocycles. The Morgan fingerprint density at radius 3 is 2.53 bits per heavy atom. The highest BCUT2D eigenvalue weighted by atomic mass is 32.1. The van der Waals surface area contributed by atoms with Crippen molar-refractivity contribution in [2.45, 2.75) is 19.9 Å². The molecule has 102 valence electrons. The van der Waals surface area contributed by atoms with Crippen LogP contribution in [0.2, 0.25) is 0 Å². The zero-order valence-corrected chi connectivity index (χ0v) is 11.2. The average Bonchev–Trinajstić information content (AvgIpc) is 2.84. The molecule has 0 aliphatic carbocycles. The lowest BCUT2D eigenvalue weighted by Crippen LogP contribution is -2.13. The van der Waals surface area contributed by atoms with E-state index < -0.39 is 17.5 Å². The van der Waals surface area contributed by atoms with Gasteiger partial charge in [-0.05, 0) is 25.1 Å². The van der Waals surface area contributed by atoms with Crippen molar-refractivity contribution in [3.05, 3.63) is 40.7 Å². The Bertz CT molecular complexity index is 546. The summed E-state index contributed by atoms with van der Waals surface area (Å²) in [5.74, 6) is -3.85. The molecule has 1 N–H and O–H groups in total. The van der Waals surface area contributed by atoms with Gasteiger partial charge < -0.3 is 5.32 Å². The van der Waals surface area contributed by atoms with Gasteiger partial charge in [0.25, 0.3) is 0 Å². The van der Waals surface area contributed by atoms with Gasteiger partial charge in [0.05, 0.1) is 5.69 Å². The molecule has 0 amide bonds. The fourth-order valence-corrected chi connectivity index (χ4v) is 2.40. The summed E-state index contributed by atoms with van der Waals surface area (Å²) in [5.41, 5.74) is 1.06. The highest BCUT2D eigenvalue weighted by molar-refractivity contribution is 7.13. The van der Waals surface area contributed by atoms with Gasteiger partial charge in [0.15, 0.2) is 17.5 Å². The van der Waals surface area contributed by atoms with E-state index in [4.69, 9.17) is 0 Å². The number of nitrogens with one attached hydrogen (secondary N) is 1. The van der Waals surface area contributed by atoms with E-state index in [2.05, 4.69) is 17.2 Å². The van der Waals surface area contributed by atoms with Crippen molar-refractivity contribution < 1.29 is 13.2 Å². The molecule has 0 radical (unpaired) electrons. The van der Waals surface area contributed by atoms with Crippen LogP contribution in [-0.2, 0) is 6.54 Å². The maximum absolute atomic E-state index is 13.1. The van der Waals surface area contributed by atoms with Crippen molar-refractivity contribution in [2.24, 2.45) is 0 Å². The molecular weight excluding hydrogens is 273 g/mol. The van der Waals surface area contributed by atoms with Gasteiger partial charge in [0, 0.05) is 17.5 Å². The molecule has 2 rings (SSSR count). The minimum atomic E-state index is -1.45. The van der Waals surface area contributed by atoms with Gasteiger partial charge >= 0.3 is 0 Å². The topological polar surface area (TPSA) is 24.9 Å². The van der Waals surface area contributed by atoms with E-state index in [0.29, 0.717) is 11.6 Å². The molecule has 0 fully saturated rings. The fourth-order valence-electron chi connectivity index (χ4n) is 1.59. The third-order valence-corrected chi connectivity index (χ3v) is 3.46. The molecule has 0 unspecified atom stereocenters. The highest BCUT2D eigenvalue weighted by Gasteiger charge is 2.13. The molecule has 0 spiro atoms. The lowest BCUT2D eigenvalue weighted by molar-refractivity contribution is 0.447. The SMILES string of the molecule is CCCNCc1csc(-c2cc(F)c(F)c(F)c2)n1. The van der Waals surface area contributed by atoms with Crippen molar-refractivity contribution >= 4 is 11.3 Å². The van der Waals surface area contributed by atoms with Gasteiger partial charge in [-0.25, -0.2) is 18.2 Å². The van der Waals surface area contributed by atoms with Crippen LogP contribution in [0, 0.1) is 17.5 Å². The fraction of sp³-hybridized carbons (Fsp3) is 0.308. The number of thiazole rings is 1. The molecule has 0 bridgehead atoms. The largest absolute Gasteiger partial charge is 0.311 e. The first-order valence-electron chi connectivity index (χ1n) is 5.92. The van der Waals surface area contributed by atoms with Crippen molar-refractivity contribution in [1.29, 1.82) is 0 Å². The van der Waals surface area contributed by atoms with Gasteiger partial charge in [-0.1, -0.05) is 6.92 Å². The second-order valence-electron chi connectivity index (χ2n) is 4.07. The van der Waals surface area contributed by atoms with Gasteiger partial charge in [-0.2, -0.15) is 0 Å². The summed E-state index contributed by atoms with van der Waals surface area (Å²) in [6.45, 7) is 3.55. The van der Waals surface area contributed by atoms with Crippen LogP contribution in [0.25, 0.3) is 10.6 Å². The van der Waals surface area contributed by atoms with Crippen LogP contribution < -0.4 is 5.32 Å². The number of benzene rings is 1. The first kappa shape index (κ1) is 14.0. The van der Waals surface area contributed by atoms with Gasteiger partial charge in [0.1, 0.15) is 5.01 Å². The van der Waals surface area contributed by atoms with Crippen LogP contribution in [0.1, 0.15) is 19.0 Å². The molecule has 0 saturated carbocycles. The summed E-state index contributed by atoms with van der Waals surface area (Å²) < 4.78 is 39.1. The summed E-state index contributed by atoms with van der Waals surface area (Å²) in [4.78, 5) is 4.26. The van der Waals surface area contributed by atoms with Gasteiger partial charge in [-0.15, -0.1) is 11.3 Å². The second kappa shape index (κ2) is 6.16. The number of halogens is 3. The van der Waals surface area contributed by atoms with Crippen LogP contribution >= 0.6 is 11.3 Å². The van der Waals surface area contributed by atoms with E-state index in [1.54, 1.807) is 0 Å². The monoisotopic (exact) mass is 286 g/mol. The molecule has 6 heteroatoms. The van der Waals surface area contributed by atoms with Crippen molar-refractivity contribution in [2.75, 3.05) is 6.54 Å². The number of rotatable bonds is 5. The predicted molar refractivity (Wildman–Crippen MR) is 69.4 cm³/mol. The van der Waals surface area contributed by atoms with Crippen LogP contribution in [-0.4, -0.2) is 11.5 Å². The van der Waals surface area contributed by atoms with Crippen LogP contribution in [0.3, 0.4) is 0 Å². The van der Waals surface area contributed by atoms with Crippen molar-refractivity contribution in [1.82, 2.24) is 10.3 Å². The summed E-state index contributed by atoms with van der Waals surface area (Å²) >= 11 is 1.28. The summed E-state index contributed by atoms with van der Waals surface area (Å²) in [7, 11) is 0. The van der Waals surface area contributed by atoms with Gasteiger partial charge in [-0.3, -0.25) is 0 Å². The number of aromatic nitrogens is 1. The first-order valence-corrected chi connectivity index (χ1v) is 6.79. The first-order chi connectivity index (χ1) is 9.11.